The number of benzene rings is 3. The molecule has 1 aromatic heterocycles. The second kappa shape index (κ2) is 5.01. The molecule has 0 nitrogen and oxygen atoms in total. The molecular formula is C20H16S. The van der Waals surface area contributed by atoms with Crippen LogP contribution >= 0.6 is 11.3 Å². The van der Waals surface area contributed by atoms with Crippen LogP contribution in [0.15, 0.2) is 66.7 Å². The van der Waals surface area contributed by atoms with Gasteiger partial charge in [-0.1, -0.05) is 55.5 Å². The second-order valence-corrected chi connectivity index (χ2v) is 6.44. The quantitative estimate of drug-likeness (QED) is 0.407. The van der Waals surface area contributed by atoms with Crippen LogP contribution in [-0.2, 0) is 6.42 Å². The molecule has 0 aliphatic rings. The van der Waals surface area contributed by atoms with Crippen molar-refractivity contribution in [2.24, 2.45) is 0 Å². The number of fused-ring (bicyclic) bond motifs is 3. The fourth-order valence-corrected chi connectivity index (χ4v) is 3.92. The molecule has 3 aromatic carbocycles. The van der Waals surface area contributed by atoms with E-state index >= 15 is 0 Å². The molecule has 4 rings (SSSR count). The molecular weight excluding hydrogens is 272 g/mol. The van der Waals surface area contributed by atoms with Crippen molar-refractivity contribution in [3.8, 4) is 11.1 Å². The average molecular weight is 288 g/mol. The largest absolute Gasteiger partial charge is 0.135 e. The summed E-state index contributed by atoms with van der Waals surface area (Å²) >= 11 is 1.87. The molecule has 21 heavy (non-hydrogen) atoms. The van der Waals surface area contributed by atoms with E-state index in [0.29, 0.717) is 0 Å². The van der Waals surface area contributed by atoms with E-state index in [1.165, 1.54) is 36.9 Å². The van der Waals surface area contributed by atoms with Crippen LogP contribution in [0.1, 0.15) is 12.5 Å². The third-order valence-corrected chi connectivity index (χ3v) is 5.22. The first-order valence-electron chi connectivity index (χ1n) is 7.36. The highest BCUT2D eigenvalue weighted by molar-refractivity contribution is 7.25. The molecule has 0 saturated heterocycles. The van der Waals surface area contributed by atoms with Crippen LogP contribution in [0, 0.1) is 0 Å². The summed E-state index contributed by atoms with van der Waals surface area (Å²) in [6.45, 7) is 2.19. The maximum Gasteiger partial charge on any atom is 0.0355 e. The third-order valence-electron chi connectivity index (χ3n) is 4.07. The van der Waals surface area contributed by atoms with Gasteiger partial charge in [-0.25, -0.2) is 0 Å². The van der Waals surface area contributed by atoms with E-state index in [1.807, 2.05) is 11.3 Å². The standard InChI is InChI=1S/C20H16S/c1-2-14-7-9-15(10-8-14)16-11-12-20-18(13-16)17-5-3-4-6-19(17)21-20/h3-13H,2H2,1H3. The van der Waals surface area contributed by atoms with E-state index < -0.39 is 0 Å². The van der Waals surface area contributed by atoms with Gasteiger partial charge in [-0.3, -0.25) is 0 Å². The molecule has 0 saturated carbocycles. The lowest BCUT2D eigenvalue weighted by Crippen LogP contribution is -1.81. The van der Waals surface area contributed by atoms with Gasteiger partial charge in [-0.2, -0.15) is 0 Å². The Morgan fingerprint density at radius 3 is 2.24 bits per heavy atom. The van der Waals surface area contributed by atoms with Crippen LogP contribution in [0.5, 0.6) is 0 Å². The van der Waals surface area contributed by atoms with Gasteiger partial charge in [0.25, 0.3) is 0 Å². The summed E-state index contributed by atoms with van der Waals surface area (Å²) in [6.07, 6.45) is 1.09. The molecule has 0 N–H and O–H groups in total. The molecule has 102 valence electrons. The minimum absolute atomic E-state index is 1.09. The Kier molecular flexibility index (Phi) is 3.01. The van der Waals surface area contributed by atoms with Gasteiger partial charge in [0, 0.05) is 20.2 Å². The number of aryl methyl sites for hydroxylation is 1. The Morgan fingerprint density at radius 1 is 0.714 bits per heavy atom. The highest BCUT2D eigenvalue weighted by Gasteiger charge is 2.06. The highest BCUT2D eigenvalue weighted by atomic mass is 32.1. The van der Waals surface area contributed by atoms with E-state index in [4.69, 9.17) is 0 Å². The molecule has 0 unspecified atom stereocenters. The van der Waals surface area contributed by atoms with Crippen molar-refractivity contribution < 1.29 is 0 Å². The smallest absolute Gasteiger partial charge is 0.0355 e. The number of rotatable bonds is 2. The van der Waals surface area contributed by atoms with Crippen molar-refractivity contribution in [3.63, 3.8) is 0 Å². The van der Waals surface area contributed by atoms with Crippen molar-refractivity contribution in [1.29, 1.82) is 0 Å². The molecule has 1 heteroatoms. The van der Waals surface area contributed by atoms with Gasteiger partial charge in [-0.05, 0) is 41.3 Å². The van der Waals surface area contributed by atoms with Gasteiger partial charge in [0.05, 0.1) is 0 Å². The van der Waals surface area contributed by atoms with E-state index in [2.05, 4.69) is 73.7 Å². The summed E-state index contributed by atoms with van der Waals surface area (Å²) in [4.78, 5) is 0. The second-order valence-electron chi connectivity index (χ2n) is 5.36. The van der Waals surface area contributed by atoms with Gasteiger partial charge >= 0.3 is 0 Å². The summed E-state index contributed by atoms with van der Waals surface area (Å²) in [6, 6.07) is 24.4. The number of hydrogen-bond donors (Lipinski definition) is 0. The maximum absolute atomic E-state index is 2.33. The van der Waals surface area contributed by atoms with Crippen LogP contribution < -0.4 is 0 Å². The zero-order chi connectivity index (χ0) is 14.2. The topological polar surface area (TPSA) is 0 Å². The Labute approximate surface area is 128 Å². The minimum atomic E-state index is 1.09. The van der Waals surface area contributed by atoms with Crippen LogP contribution in [-0.4, -0.2) is 0 Å². The Bertz CT molecular complexity index is 914. The fraction of sp³-hybridized carbons (Fsp3) is 0.100. The van der Waals surface area contributed by atoms with Gasteiger partial charge < -0.3 is 0 Å². The van der Waals surface area contributed by atoms with E-state index in [9.17, 15) is 0 Å². The molecule has 0 spiro atoms. The third kappa shape index (κ3) is 2.14. The van der Waals surface area contributed by atoms with Crippen LogP contribution in [0.2, 0.25) is 0 Å². The monoisotopic (exact) mass is 288 g/mol. The summed E-state index contributed by atoms with van der Waals surface area (Å²) < 4.78 is 2.73. The molecule has 0 aliphatic carbocycles. The molecule has 0 bridgehead atoms. The summed E-state index contributed by atoms with van der Waals surface area (Å²) in [5.41, 5.74) is 3.99. The molecule has 0 radical (unpaired) electrons. The zero-order valence-electron chi connectivity index (χ0n) is 12.0. The molecule has 0 fully saturated rings. The lowest BCUT2D eigenvalue weighted by Gasteiger charge is -2.04. The fourth-order valence-electron chi connectivity index (χ4n) is 2.84. The van der Waals surface area contributed by atoms with Crippen molar-refractivity contribution >= 4 is 31.5 Å². The Morgan fingerprint density at radius 2 is 1.43 bits per heavy atom. The SMILES string of the molecule is CCc1ccc(-c2ccc3sc4ccccc4c3c2)cc1. The number of hydrogen-bond acceptors (Lipinski definition) is 1. The van der Waals surface area contributed by atoms with Crippen molar-refractivity contribution in [2.45, 2.75) is 13.3 Å². The van der Waals surface area contributed by atoms with E-state index in [-0.39, 0.29) is 0 Å². The molecule has 1 heterocycles. The molecule has 0 aliphatic heterocycles. The molecule has 4 aromatic rings. The normalized spacial score (nSPS) is 11.3. The lowest BCUT2D eigenvalue weighted by molar-refractivity contribution is 1.14. The first kappa shape index (κ1) is 12.6. The molecule has 0 amide bonds. The van der Waals surface area contributed by atoms with E-state index in [1.54, 1.807) is 0 Å². The van der Waals surface area contributed by atoms with Gasteiger partial charge in [0.2, 0.25) is 0 Å². The Balaban J connectivity index is 1.90. The van der Waals surface area contributed by atoms with Crippen LogP contribution in [0.4, 0.5) is 0 Å². The van der Waals surface area contributed by atoms with Crippen molar-refractivity contribution in [2.75, 3.05) is 0 Å². The van der Waals surface area contributed by atoms with Crippen molar-refractivity contribution in [3.05, 3.63) is 72.3 Å². The first-order valence-corrected chi connectivity index (χ1v) is 8.17. The zero-order valence-corrected chi connectivity index (χ0v) is 12.8. The maximum atomic E-state index is 2.33. The molecule has 0 atom stereocenters. The minimum Gasteiger partial charge on any atom is -0.135 e. The average Bonchev–Trinajstić information content (AvgIpc) is 2.93. The summed E-state index contributed by atoms with van der Waals surface area (Å²) in [5.74, 6) is 0. The summed E-state index contributed by atoms with van der Waals surface area (Å²) in [5, 5.41) is 2.73. The Hall–Kier alpha value is -2.12. The van der Waals surface area contributed by atoms with Crippen LogP contribution in [0.3, 0.4) is 0 Å². The first-order chi connectivity index (χ1) is 10.3. The van der Waals surface area contributed by atoms with Gasteiger partial charge in [-0.15, -0.1) is 11.3 Å². The number of thiophene rings is 1. The highest BCUT2D eigenvalue weighted by Crippen LogP contribution is 2.36. The predicted octanol–water partition coefficient (Wildman–Crippen LogP) is 6.28. The lowest BCUT2D eigenvalue weighted by atomic mass is 10.0. The van der Waals surface area contributed by atoms with Crippen LogP contribution in [0.25, 0.3) is 31.3 Å². The van der Waals surface area contributed by atoms with Gasteiger partial charge in [0.1, 0.15) is 0 Å². The van der Waals surface area contributed by atoms with Gasteiger partial charge in [0.15, 0.2) is 0 Å². The van der Waals surface area contributed by atoms with E-state index in [0.717, 1.165) is 6.42 Å². The predicted molar refractivity (Wildman–Crippen MR) is 94.1 cm³/mol. The summed E-state index contributed by atoms with van der Waals surface area (Å²) in [7, 11) is 0. The van der Waals surface area contributed by atoms with Crippen molar-refractivity contribution in [1.82, 2.24) is 0 Å².